The van der Waals surface area contributed by atoms with E-state index in [4.69, 9.17) is 5.11 Å². The topological polar surface area (TPSA) is 84.2 Å². The van der Waals surface area contributed by atoms with Gasteiger partial charge in [-0.15, -0.1) is 11.3 Å². The molecule has 0 saturated heterocycles. The molecule has 0 aliphatic heterocycles. The molecule has 110 valence electrons. The molecule has 20 heavy (non-hydrogen) atoms. The molecule has 2 aromatic heterocycles. The number of nitrogens with one attached hydrogen (secondary N) is 1. The normalized spacial score (nSPS) is 11.9. The summed E-state index contributed by atoms with van der Waals surface area (Å²) in [5.41, 5.74) is 1.74. The van der Waals surface area contributed by atoms with Crippen molar-refractivity contribution in [1.29, 1.82) is 0 Å². The van der Waals surface area contributed by atoms with Gasteiger partial charge in [0.25, 0.3) is 0 Å². The number of hydrogen-bond acceptors (Lipinski definition) is 5. The first-order chi connectivity index (χ1) is 9.47. The predicted octanol–water partition coefficient (Wildman–Crippen LogP) is 1.01. The van der Waals surface area contributed by atoms with Crippen molar-refractivity contribution in [3.8, 4) is 0 Å². The summed E-state index contributed by atoms with van der Waals surface area (Å²) < 4.78 is 28.6. The van der Waals surface area contributed by atoms with E-state index < -0.39 is 10.0 Å². The number of nitrogens with zero attached hydrogens (tertiary/aromatic N) is 2. The highest BCUT2D eigenvalue weighted by Gasteiger charge is 2.20. The highest BCUT2D eigenvalue weighted by Crippen LogP contribution is 2.22. The van der Waals surface area contributed by atoms with Gasteiger partial charge in [-0.1, -0.05) is 6.92 Å². The van der Waals surface area contributed by atoms with Crippen LogP contribution in [0.5, 0.6) is 0 Å². The van der Waals surface area contributed by atoms with Crippen LogP contribution in [0.4, 0.5) is 0 Å². The molecule has 0 atom stereocenters. The maximum absolute atomic E-state index is 12.2. The predicted molar refractivity (Wildman–Crippen MR) is 76.9 cm³/mol. The van der Waals surface area contributed by atoms with Crippen LogP contribution < -0.4 is 4.72 Å². The summed E-state index contributed by atoms with van der Waals surface area (Å²) in [6, 6.07) is 1.50. The Morgan fingerprint density at radius 1 is 1.50 bits per heavy atom. The van der Waals surface area contributed by atoms with E-state index >= 15 is 0 Å². The van der Waals surface area contributed by atoms with Crippen molar-refractivity contribution in [2.24, 2.45) is 7.05 Å². The molecule has 0 aliphatic carbocycles. The van der Waals surface area contributed by atoms with Gasteiger partial charge in [0.15, 0.2) is 0 Å². The first-order valence-electron chi connectivity index (χ1n) is 6.16. The van der Waals surface area contributed by atoms with Crippen LogP contribution in [0, 0.1) is 0 Å². The van der Waals surface area contributed by atoms with Crippen LogP contribution in [0.3, 0.4) is 0 Å². The van der Waals surface area contributed by atoms with Gasteiger partial charge in [-0.05, 0) is 17.9 Å². The fourth-order valence-electron chi connectivity index (χ4n) is 1.96. The molecule has 0 fully saturated rings. The second-order valence-corrected chi connectivity index (χ2v) is 7.05. The van der Waals surface area contributed by atoms with Crippen molar-refractivity contribution in [3.63, 3.8) is 0 Å². The van der Waals surface area contributed by atoms with Crippen LogP contribution in [0.15, 0.2) is 22.5 Å². The molecule has 0 amide bonds. The zero-order valence-corrected chi connectivity index (χ0v) is 13.0. The van der Waals surface area contributed by atoms with Crippen molar-refractivity contribution in [3.05, 3.63) is 33.8 Å². The highest BCUT2D eigenvalue weighted by atomic mass is 32.2. The van der Waals surface area contributed by atoms with Crippen molar-refractivity contribution < 1.29 is 13.5 Å². The molecule has 0 aliphatic rings. The summed E-state index contributed by atoms with van der Waals surface area (Å²) >= 11 is 1.22. The van der Waals surface area contributed by atoms with Crippen LogP contribution >= 0.6 is 11.3 Å². The molecular formula is C12H17N3O3S2. The molecule has 2 rings (SSSR count). The van der Waals surface area contributed by atoms with Gasteiger partial charge < -0.3 is 5.11 Å². The van der Waals surface area contributed by atoms with E-state index in [9.17, 15) is 8.42 Å². The van der Waals surface area contributed by atoms with E-state index in [-0.39, 0.29) is 18.0 Å². The molecule has 6 nitrogen and oxygen atoms in total. The number of sulfonamides is 1. The second kappa shape index (κ2) is 6.04. The Labute approximate surface area is 122 Å². The summed E-state index contributed by atoms with van der Waals surface area (Å²) in [6.45, 7) is 1.89. The molecule has 2 aromatic rings. The van der Waals surface area contributed by atoms with E-state index in [2.05, 4.69) is 9.82 Å². The van der Waals surface area contributed by atoms with E-state index in [0.717, 1.165) is 17.7 Å². The van der Waals surface area contributed by atoms with Crippen LogP contribution in [-0.2, 0) is 36.6 Å². The number of hydrogen-bond donors (Lipinski definition) is 2. The molecule has 0 radical (unpaired) electrons. The quantitative estimate of drug-likeness (QED) is 0.833. The lowest BCUT2D eigenvalue weighted by molar-refractivity contribution is 0.282. The summed E-state index contributed by atoms with van der Waals surface area (Å²) in [5.74, 6) is 0. The Balaban J connectivity index is 2.17. The zero-order chi connectivity index (χ0) is 14.8. The van der Waals surface area contributed by atoms with Gasteiger partial charge in [-0.2, -0.15) is 5.10 Å². The molecular weight excluding hydrogens is 298 g/mol. The molecule has 0 bridgehead atoms. The van der Waals surface area contributed by atoms with E-state index in [1.807, 2.05) is 13.1 Å². The van der Waals surface area contributed by atoms with Gasteiger partial charge >= 0.3 is 0 Å². The fraction of sp³-hybridized carbons (Fsp3) is 0.417. The lowest BCUT2D eigenvalue weighted by Gasteiger charge is -2.06. The molecule has 0 saturated carbocycles. The third-order valence-corrected chi connectivity index (χ3v) is 5.44. The summed E-state index contributed by atoms with van der Waals surface area (Å²) in [7, 11) is -1.80. The number of thiophene rings is 1. The van der Waals surface area contributed by atoms with Crippen LogP contribution in [-0.4, -0.2) is 23.3 Å². The van der Waals surface area contributed by atoms with Gasteiger partial charge in [-0.25, -0.2) is 13.1 Å². The average Bonchev–Trinajstić information content (AvgIpc) is 3.02. The number of aliphatic hydroxyl groups excluding tert-OH is 1. The largest absolute Gasteiger partial charge is 0.391 e. The Morgan fingerprint density at radius 2 is 2.25 bits per heavy atom. The molecule has 2 heterocycles. The highest BCUT2D eigenvalue weighted by molar-refractivity contribution is 7.89. The van der Waals surface area contributed by atoms with Crippen LogP contribution in [0.25, 0.3) is 0 Å². The van der Waals surface area contributed by atoms with Crippen LogP contribution in [0.2, 0.25) is 0 Å². The summed E-state index contributed by atoms with van der Waals surface area (Å²) in [6.07, 6.45) is 2.56. The Morgan fingerprint density at radius 3 is 2.90 bits per heavy atom. The maximum atomic E-state index is 12.2. The smallest absolute Gasteiger partial charge is 0.242 e. The Bertz CT molecular complexity index is 689. The first kappa shape index (κ1) is 15.2. The third-order valence-electron chi connectivity index (χ3n) is 2.92. The van der Waals surface area contributed by atoms with Gasteiger partial charge in [0.05, 0.1) is 17.2 Å². The van der Waals surface area contributed by atoms with Crippen molar-refractivity contribution in [2.45, 2.75) is 31.4 Å². The lowest BCUT2D eigenvalue weighted by atomic mass is 10.2. The van der Waals surface area contributed by atoms with E-state index in [1.54, 1.807) is 17.1 Å². The minimum Gasteiger partial charge on any atom is -0.391 e. The Kier molecular flexibility index (Phi) is 4.59. The summed E-state index contributed by atoms with van der Waals surface area (Å²) in [4.78, 5) is 0.589. The van der Waals surface area contributed by atoms with Gasteiger partial charge in [-0.3, -0.25) is 4.68 Å². The minimum atomic E-state index is -3.61. The SMILES string of the molecule is CCc1nn(C)cc1CNS(=O)(=O)c1ccsc1CO. The standard InChI is InChI=1S/C12H17N3O3S2/c1-3-10-9(7-15(2)14-10)6-13-20(17,18)12-4-5-19-11(12)8-16/h4-5,7,13,16H,3,6,8H2,1-2H3. The molecule has 0 unspecified atom stereocenters. The molecule has 8 heteroatoms. The monoisotopic (exact) mass is 315 g/mol. The van der Waals surface area contributed by atoms with Gasteiger partial charge in [0, 0.05) is 30.2 Å². The lowest BCUT2D eigenvalue weighted by Crippen LogP contribution is -2.24. The van der Waals surface area contributed by atoms with Gasteiger partial charge in [0.2, 0.25) is 10.0 Å². The molecule has 0 aromatic carbocycles. The number of aliphatic hydroxyl groups is 1. The number of aryl methyl sites for hydroxylation is 2. The van der Waals surface area contributed by atoms with Crippen molar-refractivity contribution in [1.82, 2.24) is 14.5 Å². The average molecular weight is 315 g/mol. The Hall–Kier alpha value is -1.22. The molecule has 0 spiro atoms. The van der Waals surface area contributed by atoms with Crippen molar-refractivity contribution in [2.75, 3.05) is 0 Å². The van der Waals surface area contributed by atoms with E-state index in [0.29, 0.717) is 4.88 Å². The zero-order valence-electron chi connectivity index (χ0n) is 11.3. The van der Waals surface area contributed by atoms with Crippen molar-refractivity contribution >= 4 is 21.4 Å². The number of rotatable bonds is 6. The van der Waals surface area contributed by atoms with Gasteiger partial charge in [0.1, 0.15) is 0 Å². The minimum absolute atomic E-state index is 0.145. The number of aromatic nitrogens is 2. The maximum Gasteiger partial charge on any atom is 0.242 e. The third kappa shape index (κ3) is 3.09. The second-order valence-electron chi connectivity index (χ2n) is 4.32. The van der Waals surface area contributed by atoms with E-state index in [1.165, 1.54) is 17.4 Å². The first-order valence-corrected chi connectivity index (χ1v) is 8.52. The molecule has 2 N–H and O–H groups in total. The van der Waals surface area contributed by atoms with Crippen LogP contribution in [0.1, 0.15) is 23.1 Å². The fourth-order valence-corrected chi connectivity index (χ4v) is 4.26. The summed E-state index contributed by atoms with van der Waals surface area (Å²) in [5, 5.41) is 15.1.